The van der Waals surface area contributed by atoms with E-state index in [9.17, 15) is 4.79 Å². The van der Waals surface area contributed by atoms with E-state index in [1.807, 2.05) is 54.4 Å². The van der Waals surface area contributed by atoms with Crippen molar-refractivity contribution in [3.8, 4) is 5.75 Å². The molecule has 0 aliphatic heterocycles. The molecule has 4 rings (SSSR count). The average molecular weight is 396 g/mol. The second-order valence-corrected chi connectivity index (χ2v) is 6.76. The highest BCUT2D eigenvalue weighted by atomic mass is 35.5. The number of benzene rings is 1. The van der Waals surface area contributed by atoms with Crippen molar-refractivity contribution in [3.63, 3.8) is 0 Å². The molecule has 1 amide bonds. The Balaban J connectivity index is 1.63. The molecule has 3 aromatic rings. The highest BCUT2D eigenvalue weighted by molar-refractivity contribution is 6.29. The molecule has 8 heteroatoms. The summed E-state index contributed by atoms with van der Waals surface area (Å²) in [7, 11) is 3.58. The van der Waals surface area contributed by atoms with Crippen LogP contribution in [0.5, 0.6) is 5.75 Å². The molecule has 28 heavy (non-hydrogen) atoms. The first kappa shape index (κ1) is 18.1. The van der Waals surface area contributed by atoms with Crippen molar-refractivity contribution in [1.29, 1.82) is 0 Å². The highest BCUT2D eigenvalue weighted by Crippen LogP contribution is 2.25. The fourth-order valence-electron chi connectivity index (χ4n) is 2.92. The monoisotopic (exact) mass is 395 g/mol. The second-order valence-electron chi connectivity index (χ2n) is 6.37. The fraction of sp³-hybridized carbons (Fsp3) is 0.150. The molecule has 0 spiro atoms. The van der Waals surface area contributed by atoms with Crippen molar-refractivity contribution in [2.75, 3.05) is 19.1 Å². The zero-order valence-electron chi connectivity index (χ0n) is 15.4. The molecule has 0 fully saturated rings. The van der Waals surface area contributed by atoms with Crippen LogP contribution < -0.4 is 15.0 Å². The van der Waals surface area contributed by atoms with Crippen molar-refractivity contribution in [2.45, 2.75) is 6.54 Å². The Labute approximate surface area is 166 Å². The van der Waals surface area contributed by atoms with Gasteiger partial charge < -0.3 is 15.0 Å². The number of hydrogen-bond acceptors (Lipinski definition) is 5. The van der Waals surface area contributed by atoms with Crippen LogP contribution in [0.2, 0.25) is 5.15 Å². The number of methoxy groups -OCH3 is 1. The van der Waals surface area contributed by atoms with Crippen LogP contribution in [-0.4, -0.2) is 34.7 Å². The molecule has 1 aromatic carbocycles. The molecule has 7 nitrogen and oxygen atoms in total. The van der Waals surface area contributed by atoms with Gasteiger partial charge >= 0.3 is 0 Å². The van der Waals surface area contributed by atoms with Crippen molar-refractivity contribution in [2.24, 2.45) is 0 Å². The summed E-state index contributed by atoms with van der Waals surface area (Å²) < 4.78 is 6.67. The number of aromatic nitrogens is 3. The third kappa shape index (κ3) is 3.44. The first-order valence-corrected chi connectivity index (χ1v) is 9.01. The molecule has 0 radical (unpaired) electrons. The van der Waals surface area contributed by atoms with Gasteiger partial charge in [-0.3, -0.25) is 4.79 Å². The Hall–Kier alpha value is -3.32. The van der Waals surface area contributed by atoms with Gasteiger partial charge in [0.15, 0.2) is 16.5 Å². The van der Waals surface area contributed by atoms with Crippen LogP contribution in [0.15, 0.2) is 60.5 Å². The van der Waals surface area contributed by atoms with Gasteiger partial charge in [0.25, 0.3) is 5.91 Å². The number of anilines is 1. The molecule has 142 valence electrons. The molecule has 0 unspecified atom stereocenters. The molecule has 1 aliphatic rings. The van der Waals surface area contributed by atoms with Gasteiger partial charge in [-0.25, -0.2) is 9.50 Å². The van der Waals surface area contributed by atoms with Crippen molar-refractivity contribution in [1.82, 2.24) is 19.9 Å². The lowest BCUT2D eigenvalue weighted by atomic mass is 10.2. The number of allylic oxidation sites excluding steroid dienone is 3. The van der Waals surface area contributed by atoms with Gasteiger partial charge in [0, 0.05) is 25.4 Å². The van der Waals surface area contributed by atoms with Crippen LogP contribution in [0, 0.1) is 0 Å². The molecule has 1 N–H and O–H groups in total. The molecule has 2 heterocycles. The molecule has 0 saturated heterocycles. The largest absolute Gasteiger partial charge is 0.497 e. The summed E-state index contributed by atoms with van der Waals surface area (Å²) in [6, 6.07) is 9.57. The Kier molecular flexibility index (Phi) is 4.75. The minimum Gasteiger partial charge on any atom is -0.497 e. The summed E-state index contributed by atoms with van der Waals surface area (Å²) >= 11 is 6.23. The number of carbonyl (C=O) groups excluding carboxylic acids is 1. The lowest BCUT2D eigenvalue weighted by Gasteiger charge is -2.20. The Morgan fingerprint density at radius 2 is 2.07 bits per heavy atom. The lowest BCUT2D eigenvalue weighted by molar-refractivity contribution is 0.0960. The summed E-state index contributed by atoms with van der Waals surface area (Å²) in [5, 5.41) is 7.33. The van der Waals surface area contributed by atoms with E-state index >= 15 is 0 Å². The van der Waals surface area contributed by atoms with E-state index in [-0.39, 0.29) is 11.1 Å². The number of imidazole rings is 1. The van der Waals surface area contributed by atoms with Gasteiger partial charge in [0.2, 0.25) is 0 Å². The molecule has 0 bridgehead atoms. The SMILES string of the molecule is COc1ccc(CN(C)c2cc(Cl)nn3c(C(=O)NC4=CC=C4)cnc23)cc1. The maximum Gasteiger partial charge on any atom is 0.276 e. The summed E-state index contributed by atoms with van der Waals surface area (Å²) in [6.45, 7) is 0.631. The standard InChI is InChI=1S/C20H18ClN5O2/c1-25(12-13-6-8-15(28-2)9-7-13)16-10-18(21)24-26-17(11-22-19(16)26)20(27)23-14-4-3-5-14/h3-11H,12H2,1-2H3,(H,23,27). The summed E-state index contributed by atoms with van der Waals surface area (Å²) in [6.07, 6.45) is 6.98. The fourth-order valence-corrected chi connectivity index (χ4v) is 3.10. The Bertz CT molecular complexity index is 1100. The number of fused-ring (bicyclic) bond motifs is 1. The zero-order chi connectivity index (χ0) is 19.7. The molecule has 1 aliphatic carbocycles. The number of amides is 1. The Morgan fingerprint density at radius 3 is 2.71 bits per heavy atom. The first-order chi connectivity index (χ1) is 13.5. The quantitative estimate of drug-likeness (QED) is 0.693. The highest BCUT2D eigenvalue weighted by Gasteiger charge is 2.19. The minimum atomic E-state index is -0.290. The van der Waals surface area contributed by atoms with Crippen molar-refractivity contribution < 1.29 is 9.53 Å². The number of ether oxygens (including phenoxy) is 1. The van der Waals surface area contributed by atoms with E-state index < -0.39 is 0 Å². The number of halogens is 1. The Morgan fingerprint density at radius 1 is 1.32 bits per heavy atom. The predicted molar refractivity (Wildman–Crippen MR) is 108 cm³/mol. The van der Waals surface area contributed by atoms with Crippen LogP contribution in [0.4, 0.5) is 5.69 Å². The van der Waals surface area contributed by atoms with Gasteiger partial charge in [0.1, 0.15) is 5.75 Å². The second kappa shape index (κ2) is 7.36. The van der Waals surface area contributed by atoms with E-state index in [1.54, 1.807) is 13.2 Å². The summed E-state index contributed by atoms with van der Waals surface area (Å²) in [4.78, 5) is 18.9. The van der Waals surface area contributed by atoms with Crippen LogP contribution >= 0.6 is 11.6 Å². The molecular formula is C20H18ClN5O2. The van der Waals surface area contributed by atoms with Crippen molar-refractivity contribution >= 4 is 28.8 Å². The van der Waals surface area contributed by atoms with E-state index in [4.69, 9.17) is 16.3 Å². The molecule has 0 saturated carbocycles. The third-order valence-electron chi connectivity index (χ3n) is 4.45. The van der Waals surface area contributed by atoms with Crippen LogP contribution in [0.3, 0.4) is 0 Å². The molecule has 0 atom stereocenters. The van der Waals surface area contributed by atoms with Gasteiger partial charge in [-0.1, -0.05) is 29.8 Å². The molecule has 2 aromatic heterocycles. The van der Waals surface area contributed by atoms with Gasteiger partial charge in [-0.15, -0.1) is 0 Å². The normalized spacial score (nSPS) is 12.5. The number of nitrogens with zero attached hydrogens (tertiary/aromatic N) is 4. The third-order valence-corrected chi connectivity index (χ3v) is 4.64. The first-order valence-electron chi connectivity index (χ1n) is 8.63. The minimum absolute atomic E-state index is 0.277. The van der Waals surface area contributed by atoms with Crippen molar-refractivity contribution in [3.05, 3.63) is 76.9 Å². The van der Waals surface area contributed by atoms with E-state index in [0.717, 1.165) is 22.7 Å². The van der Waals surface area contributed by atoms with E-state index in [1.165, 1.54) is 10.7 Å². The van der Waals surface area contributed by atoms with Crippen LogP contribution in [-0.2, 0) is 6.54 Å². The predicted octanol–water partition coefficient (Wildman–Crippen LogP) is 3.21. The lowest BCUT2D eigenvalue weighted by Crippen LogP contribution is -2.25. The van der Waals surface area contributed by atoms with Crippen LogP contribution in [0.25, 0.3) is 5.65 Å². The molecular weight excluding hydrogens is 378 g/mol. The summed E-state index contributed by atoms with van der Waals surface area (Å²) in [5.41, 5.74) is 3.50. The van der Waals surface area contributed by atoms with Crippen LogP contribution in [0.1, 0.15) is 16.1 Å². The maximum absolute atomic E-state index is 12.5. The smallest absolute Gasteiger partial charge is 0.276 e. The summed E-state index contributed by atoms with van der Waals surface area (Å²) in [5.74, 6) is 0.516. The topological polar surface area (TPSA) is 71.8 Å². The zero-order valence-corrected chi connectivity index (χ0v) is 16.1. The van der Waals surface area contributed by atoms with E-state index in [0.29, 0.717) is 17.9 Å². The number of carbonyl (C=O) groups is 1. The maximum atomic E-state index is 12.5. The van der Waals surface area contributed by atoms with Gasteiger partial charge in [-0.2, -0.15) is 5.10 Å². The average Bonchev–Trinajstić information content (AvgIpc) is 3.08. The number of nitrogens with one attached hydrogen (secondary N) is 1. The van der Waals surface area contributed by atoms with Gasteiger partial charge in [0.05, 0.1) is 19.0 Å². The van der Waals surface area contributed by atoms with Gasteiger partial charge in [-0.05, 0) is 29.8 Å². The van der Waals surface area contributed by atoms with E-state index in [2.05, 4.69) is 15.4 Å². The number of hydrogen-bond donors (Lipinski definition) is 1. The number of rotatable bonds is 6.